The van der Waals surface area contributed by atoms with Crippen LogP contribution in [0.25, 0.3) is 21.9 Å². The number of hydrogen-bond donors (Lipinski definition) is 2. The topological polar surface area (TPSA) is 115 Å². The number of carboxylic acid groups (broad SMARTS) is 1. The molecule has 0 unspecified atom stereocenters. The molecule has 3 rings (SSSR count). The second kappa shape index (κ2) is 8.91. The maximum Gasteiger partial charge on any atom is 0.412 e. The van der Waals surface area contributed by atoms with Crippen LogP contribution in [0, 0.1) is 5.92 Å². The fourth-order valence-electron chi connectivity index (χ4n) is 3.52. The first-order valence-electron chi connectivity index (χ1n) is 9.84. The molecule has 8 heteroatoms. The molecule has 2 aromatic carbocycles. The predicted octanol–water partition coefficient (Wildman–Crippen LogP) is 3.30. The van der Waals surface area contributed by atoms with Crippen LogP contribution in [-0.2, 0) is 11.3 Å². The number of anilines is 1. The normalized spacial score (nSPS) is 11.0. The molecule has 0 aliphatic heterocycles. The average Bonchev–Trinajstić information content (AvgIpc) is 2.73. The summed E-state index contributed by atoms with van der Waals surface area (Å²) in [6, 6.07) is 14.2. The zero-order valence-electron chi connectivity index (χ0n) is 17.7. The third kappa shape index (κ3) is 4.53. The fourth-order valence-corrected chi connectivity index (χ4v) is 3.52. The number of rotatable bonds is 7. The Morgan fingerprint density at radius 3 is 2.39 bits per heavy atom. The Labute approximate surface area is 179 Å². The Balaban J connectivity index is 2.42. The van der Waals surface area contributed by atoms with Gasteiger partial charge in [-0.1, -0.05) is 44.2 Å². The standard InChI is InChI=1S/C23H25N3O5/c1-14(2)12-26-21(25(3)23(29)30)20(15-7-5-4-6-8-15)17-10-9-16(31-13-19(24)27)11-18(17)22(26)28/h4-11,14H,12-13H2,1-3H3,(H2,24,27)(H,29,30). The molecule has 3 N–H and O–H groups in total. The third-order valence-electron chi connectivity index (χ3n) is 4.81. The Bertz CT molecular complexity index is 1190. The summed E-state index contributed by atoms with van der Waals surface area (Å²) in [6.07, 6.45) is -1.17. The van der Waals surface area contributed by atoms with Crippen LogP contribution in [0.5, 0.6) is 5.75 Å². The lowest BCUT2D eigenvalue weighted by Gasteiger charge is -2.26. The quantitative estimate of drug-likeness (QED) is 0.605. The minimum Gasteiger partial charge on any atom is -0.484 e. The van der Waals surface area contributed by atoms with Crippen molar-refractivity contribution in [1.82, 2.24) is 4.57 Å². The van der Waals surface area contributed by atoms with Crippen molar-refractivity contribution in [2.24, 2.45) is 11.7 Å². The lowest BCUT2D eigenvalue weighted by Crippen LogP contribution is -2.34. The van der Waals surface area contributed by atoms with E-state index in [9.17, 15) is 19.5 Å². The second-order valence-corrected chi connectivity index (χ2v) is 7.68. The molecule has 3 aromatic rings. The third-order valence-corrected chi connectivity index (χ3v) is 4.81. The lowest BCUT2D eigenvalue weighted by molar-refractivity contribution is -0.119. The summed E-state index contributed by atoms with van der Waals surface area (Å²) >= 11 is 0. The maximum absolute atomic E-state index is 13.5. The fraction of sp³-hybridized carbons (Fsp3) is 0.261. The molecule has 0 bridgehead atoms. The first-order chi connectivity index (χ1) is 14.7. The molecule has 8 nitrogen and oxygen atoms in total. The molecular weight excluding hydrogens is 398 g/mol. The van der Waals surface area contributed by atoms with Gasteiger partial charge >= 0.3 is 6.09 Å². The van der Waals surface area contributed by atoms with Crippen LogP contribution in [0.1, 0.15) is 13.8 Å². The Morgan fingerprint density at radius 2 is 1.81 bits per heavy atom. The van der Waals surface area contributed by atoms with Gasteiger partial charge in [0.05, 0.1) is 5.39 Å². The lowest BCUT2D eigenvalue weighted by atomic mass is 9.98. The summed E-state index contributed by atoms with van der Waals surface area (Å²) in [4.78, 5) is 37.5. The van der Waals surface area contributed by atoms with Gasteiger partial charge in [-0.15, -0.1) is 0 Å². The van der Waals surface area contributed by atoms with Crippen molar-refractivity contribution in [3.63, 3.8) is 0 Å². The van der Waals surface area contributed by atoms with E-state index in [1.165, 1.54) is 11.6 Å². The van der Waals surface area contributed by atoms with E-state index in [-0.39, 0.29) is 18.1 Å². The zero-order valence-corrected chi connectivity index (χ0v) is 17.7. The van der Waals surface area contributed by atoms with Gasteiger partial charge in [-0.3, -0.25) is 19.1 Å². The van der Waals surface area contributed by atoms with Gasteiger partial charge < -0.3 is 15.6 Å². The number of benzene rings is 2. The van der Waals surface area contributed by atoms with Crippen molar-refractivity contribution in [2.75, 3.05) is 18.6 Å². The number of pyridine rings is 1. The molecule has 1 aromatic heterocycles. The molecule has 0 fully saturated rings. The van der Waals surface area contributed by atoms with E-state index in [0.717, 1.165) is 10.5 Å². The molecule has 162 valence electrons. The summed E-state index contributed by atoms with van der Waals surface area (Å²) in [7, 11) is 1.43. The van der Waals surface area contributed by atoms with E-state index >= 15 is 0 Å². The van der Waals surface area contributed by atoms with Gasteiger partial charge in [0.1, 0.15) is 11.6 Å². The minimum atomic E-state index is -1.17. The van der Waals surface area contributed by atoms with Crippen molar-refractivity contribution in [3.8, 4) is 16.9 Å². The number of carbonyl (C=O) groups excluding carboxylic acids is 1. The van der Waals surface area contributed by atoms with Crippen LogP contribution in [0.15, 0.2) is 53.3 Å². The Kier molecular flexibility index (Phi) is 6.29. The van der Waals surface area contributed by atoms with E-state index in [0.29, 0.717) is 34.4 Å². The highest BCUT2D eigenvalue weighted by Gasteiger charge is 2.24. The maximum atomic E-state index is 13.5. The van der Waals surface area contributed by atoms with E-state index in [1.807, 2.05) is 44.2 Å². The number of hydrogen-bond acceptors (Lipinski definition) is 4. The zero-order chi connectivity index (χ0) is 22.7. The molecule has 0 saturated carbocycles. The van der Waals surface area contributed by atoms with E-state index in [1.54, 1.807) is 18.2 Å². The number of amides is 2. The van der Waals surface area contributed by atoms with Crippen molar-refractivity contribution in [1.29, 1.82) is 0 Å². The highest BCUT2D eigenvalue weighted by Crippen LogP contribution is 2.37. The molecule has 0 aliphatic rings. The molecule has 2 amide bonds. The van der Waals surface area contributed by atoms with Crippen LogP contribution in [0.3, 0.4) is 0 Å². The number of fused-ring (bicyclic) bond motifs is 1. The predicted molar refractivity (Wildman–Crippen MR) is 120 cm³/mol. The Morgan fingerprint density at radius 1 is 1.13 bits per heavy atom. The van der Waals surface area contributed by atoms with Crippen molar-refractivity contribution in [2.45, 2.75) is 20.4 Å². The highest BCUT2D eigenvalue weighted by molar-refractivity contribution is 6.05. The number of carbonyl (C=O) groups is 2. The Hall–Kier alpha value is -3.81. The summed E-state index contributed by atoms with van der Waals surface area (Å²) in [5.74, 6) is 0.100. The SMILES string of the molecule is CC(C)Cn1c(N(C)C(=O)O)c(-c2ccccc2)c2ccc(OCC(N)=O)cc2c1=O. The van der Waals surface area contributed by atoms with Crippen LogP contribution in [-0.4, -0.2) is 35.3 Å². The van der Waals surface area contributed by atoms with Crippen molar-refractivity contribution < 1.29 is 19.4 Å². The van der Waals surface area contributed by atoms with E-state index in [2.05, 4.69) is 0 Å². The first-order valence-corrected chi connectivity index (χ1v) is 9.84. The van der Waals surface area contributed by atoms with Crippen LogP contribution in [0.2, 0.25) is 0 Å². The molecule has 0 aliphatic carbocycles. The van der Waals surface area contributed by atoms with Gasteiger partial charge in [-0.2, -0.15) is 0 Å². The largest absolute Gasteiger partial charge is 0.484 e. The molecule has 0 atom stereocenters. The summed E-state index contributed by atoms with van der Waals surface area (Å²) in [6.45, 7) is 3.93. The van der Waals surface area contributed by atoms with Gasteiger partial charge in [0.2, 0.25) is 0 Å². The number of nitrogens with zero attached hydrogens (tertiary/aromatic N) is 2. The van der Waals surface area contributed by atoms with Gasteiger partial charge in [0.25, 0.3) is 11.5 Å². The summed E-state index contributed by atoms with van der Waals surface area (Å²) in [5.41, 5.74) is 6.22. The van der Waals surface area contributed by atoms with Gasteiger partial charge in [0.15, 0.2) is 6.61 Å². The molecular formula is C23H25N3O5. The molecule has 31 heavy (non-hydrogen) atoms. The second-order valence-electron chi connectivity index (χ2n) is 7.68. The molecule has 0 spiro atoms. The number of aromatic nitrogens is 1. The number of nitrogens with two attached hydrogens (primary N) is 1. The van der Waals surface area contributed by atoms with Crippen LogP contribution in [0.4, 0.5) is 10.6 Å². The van der Waals surface area contributed by atoms with Crippen LogP contribution >= 0.6 is 0 Å². The first kappa shape index (κ1) is 21.9. The smallest absolute Gasteiger partial charge is 0.412 e. The average molecular weight is 423 g/mol. The van der Waals surface area contributed by atoms with E-state index in [4.69, 9.17) is 10.5 Å². The summed E-state index contributed by atoms with van der Waals surface area (Å²) in [5, 5.41) is 10.7. The monoisotopic (exact) mass is 423 g/mol. The molecule has 1 heterocycles. The van der Waals surface area contributed by atoms with Crippen molar-refractivity contribution >= 4 is 28.6 Å². The van der Waals surface area contributed by atoms with Gasteiger partial charge in [0, 0.05) is 19.2 Å². The summed E-state index contributed by atoms with van der Waals surface area (Å²) < 4.78 is 6.87. The number of ether oxygens (including phenoxy) is 1. The number of primary amides is 1. The minimum absolute atomic E-state index is 0.0917. The van der Waals surface area contributed by atoms with E-state index < -0.39 is 12.0 Å². The van der Waals surface area contributed by atoms with Gasteiger partial charge in [-0.05, 0) is 35.1 Å². The molecule has 0 radical (unpaired) electrons. The van der Waals surface area contributed by atoms with Gasteiger partial charge in [-0.25, -0.2) is 4.79 Å². The highest BCUT2D eigenvalue weighted by atomic mass is 16.5. The molecule has 0 saturated heterocycles. The van der Waals surface area contributed by atoms with Crippen LogP contribution < -0.4 is 20.9 Å². The van der Waals surface area contributed by atoms with Crippen molar-refractivity contribution in [3.05, 3.63) is 58.9 Å².